The lowest BCUT2D eigenvalue weighted by Gasteiger charge is -2.28. The minimum Gasteiger partial charge on any atom is -0.458 e. The lowest BCUT2D eigenvalue weighted by molar-refractivity contribution is -0.166. The van der Waals surface area contributed by atoms with Gasteiger partial charge >= 0.3 is 11.9 Å². The van der Waals surface area contributed by atoms with Crippen LogP contribution in [-0.2, 0) is 19.1 Å². The molecular formula is C18H24O4. The van der Waals surface area contributed by atoms with E-state index in [4.69, 9.17) is 9.47 Å². The minimum atomic E-state index is -0.473. The highest BCUT2D eigenvalue weighted by atomic mass is 16.6. The molecule has 22 heavy (non-hydrogen) atoms. The number of carbonyl (C=O) groups is 2. The van der Waals surface area contributed by atoms with Gasteiger partial charge in [-0.05, 0) is 32.1 Å². The molecule has 0 aromatic heterocycles. The number of carbonyl (C=O) groups excluding carboxylic acids is 2. The molecule has 1 saturated heterocycles. The normalized spacial score (nSPS) is 45.5. The van der Waals surface area contributed by atoms with Gasteiger partial charge in [-0.2, -0.15) is 0 Å². The average molecular weight is 304 g/mol. The fourth-order valence-corrected chi connectivity index (χ4v) is 4.84. The highest BCUT2D eigenvalue weighted by Gasteiger charge is 2.64. The average Bonchev–Trinajstić information content (AvgIpc) is 2.79. The Morgan fingerprint density at radius 3 is 2.86 bits per heavy atom. The van der Waals surface area contributed by atoms with Gasteiger partial charge in [-0.1, -0.05) is 31.9 Å². The third-order valence-corrected chi connectivity index (χ3v) is 6.47. The summed E-state index contributed by atoms with van der Waals surface area (Å²) >= 11 is 0. The molecule has 0 amide bonds. The summed E-state index contributed by atoms with van der Waals surface area (Å²) in [6.45, 7) is 6.33. The summed E-state index contributed by atoms with van der Waals surface area (Å²) in [5, 5.41) is 0. The van der Waals surface area contributed by atoms with Crippen molar-refractivity contribution in [3.63, 3.8) is 0 Å². The van der Waals surface area contributed by atoms with Crippen LogP contribution in [0.15, 0.2) is 11.6 Å². The molecule has 2 saturated carbocycles. The van der Waals surface area contributed by atoms with Crippen molar-refractivity contribution < 1.29 is 19.1 Å². The van der Waals surface area contributed by atoms with Crippen molar-refractivity contribution in [3.05, 3.63) is 11.6 Å². The van der Waals surface area contributed by atoms with Crippen LogP contribution in [0.25, 0.3) is 0 Å². The first-order valence-corrected chi connectivity index (χ1v) is 8.57. The SMILES string of the molecule is CCC(C)CC1(C(=O)OC2C3CC4C(=O)OC2C4C3)C=C1C. The van der Waals surface area contributed by atoms with E-state index in [-0.39, 0.29) is 36.0 Å². The van der Waals surface area contributed by atoms with Gasteiger partial charge < -0.3 is 9.47 Å². The molecule has 4 nitrogen and oxygen atoms in total. The Kier molecular flexibility index (Phi) is 2.98. The zero-order chi connectivity index (χ0) is 15.6. The van der Waals surface area contributed by atoms with E-state index in [2.05, 4.69) is 13.8 Å². The second kappa shape index (κ2) is 4.59. The number of ether oxygens (including phenoxy) is 2. The number of fused-ring (bicyclic) bond motifs is 1. The van der Waals surface area contributed by atoms with Gasteiger partial charge in [0.15, 0.2) is 0 Å². The van der Waals surface area contributed by atoms with Gasteiger partial charge in [-0.25, -0.2) is 0 Å². The molecule has 4 aliphatic rings. The molecule has 3 fully saturated rings. The topological polar surface area (TPSA) is 52.6 Å². The Morgan fingerprint density at radius 1 is 1.50 bits per heavy atom. The summed E-state index contributed by atoms with van der Waals surface area (Å²) in [6.07, 6.45) is 5.36. The first-order valence-electron chi connectivity index (χ1n) is 8.57. The molecule has 7 unspecified atom stereocenters. The standard InChI is InChI=1S/C18H24O4/c1-4-9(2)7-18(8-10(18)3)17(20)22-14-11-5-12-13(6-11)16(19)21-15(12)14/h8-9,11-15H,4-7H2,1-3H3. The van der Waals surface area contributed by atoms with E-state index in [0.717, 1.165) is 31.3 Å². The van der Waals surface area contributed by atoms with E-state index in [9.17, 15) is 9.59 Å². The third kappa shape index (κ3) is 1.82. The van der Waals surface area contributed by atoms with Crippen molar-refractivity contribution in [1.82, 2.24) is 0 Å². The van der Waals surface area contributed by atoms with Crippen molar-refractivity contribution in [2.75, 3.05) is 0 Å². The Morgan fingerprint density at radius 2 is 2.23 bits per heavy atom. The van der Waals surface area contributed by atoms with Gasteiger partial charge in [0, 0.05) is 11.8 Å². The van der Waals surface area contributed by atoms with E-state index < -0.39 is 5.41 Å². The molecule has 7 atom stereocenters. The van der Waals surface area contributed by atoms with Crippen molar-refractivity contribution >= 4 is 11.9 Å². The predicted molar refractivity (Wildman–Crippen MR) is 79.7 cm³/mol. The molecule has 1 heterocycles. The highest BCUT2D eigenvalue weighted by molar-refractivity contribution is 5.89. The van der Waals surface area contributed by atoms with Crippen LogP contribution in [0, 0.1) is 29.1 Å². The Hall–Kier alpha value is -1.32. The van der Waals surface area contributed by atoms with Gasteiger partial charge in [-0.3, -0.25) is 9.59 Å². The van der Waals surface area contributed by atoms with Crippen molar-refractivity contribution in [1.29, 1.82) is 0 Å². The van der Waals surface area contributed by atoms with E-state index in [1.165, 1.54) is 0 Å². The predicted octanol–water partition coefficient (Wildman–Crippen LogP) is 2.86. The molecule has 0 radical (unpaired) electrons. The summed E-state index contributed by atoms with van der Waals surface area (Å²) in [7, 11) is 0. The van der Waals surface area contributed by atoms with Crippen LogP contribution in [0.3, 0.4) is 0 Å². The first-order chi connectivity index (χ1) is 10.5. The van der Waals surface area contributed by atoms with Gasteiger partial charge in [0.2, 0.25) is 0 Å². The van der Waals surface area contributed by atoms with Crippen LogP contribution < -0.4 is 0 Å². The number of hydrogen-bond donors (Lipinski definition) is 0. The molecule has 120 valence electrons. The van der Waals surface area contributed by atoms with Crippen LogP contribution in [-0.4, -0.2) is 24.1 Å². The Labute approximate surface area is 131 Å². The van der Waals surface area contributed by atoms with Gasteiger partial charge in [0.25, 0.3) is 0 Å². The second-order valence-corrected chi connectivity index (χ2v) is 7.79. The second-order valence-electron chi connectivity index (χ2n) is 7.79. The quantitative estimate of drug-likeness (QED) is 0.579. The highest BCUT2D eigenvalue weighted by Crippen LogP contribution is 2.57. The number of rotatable bonds is 5. The van der Waals surface area contributed by atoms with Crippen LogP contribution in [0.2, 0.25) is 0 Å². The summed E-state index contributed by atoms with van der Waals surface area (Å²) in [5.74, 6) is 0.965. The van der Waals surface area contributed by atoms with E-state index in [1.807, 2.05) is 13.0 Å². The summed E-state index contributed by atoms with van der Waals surface area (Å²) < 4.78 is 11.4. The number of hydrogen-bond acceptors (Lipinski definition) is 4. The molecule has 1 aliphatic heterocycles. The lowest BCUT2D eigenvalue weighted by Crippen LogP contribution is -2.39. The van der Waals surface area contributed by atoms with Crippen LogP contribution in [0.5, 0.6) is 0 Å². The summed E-state index contributed by atoms with van der Waals surface area (Å²) in [6, 6.07) is 0. The van der Waals surface area contributed by atoms with Crippen LogP contribution in [0.4, 0.5) is 0 Å². The van der Waals surface area contributed by atoms with Crippen molar-refractivity contribution in [2.24, 2.45) is 29.1 Å². The summed E-state index contributed by atoms with van der Waals surface area (Å²) in [4.78, 5) is 24.6. The largest absolute Gasteiger partial charge is 0.458 e. The molecule has 4 heteroatoms. The minimum absolute atomic E-state index is 0.0693. The van der Waals surface area contributed by atoms with E-state index >= 15 is 0 Å². The molecule has 0 aromatic carbocycles. The van der Waals surface area contributed by atoms with Gasteiger partial charge in [0.1, 0.15) is 17.6 Å². The molecule has 0 spiro atoms. The van der Waals surface area contributed by atoms with Crippen LogP contribution >= 0.6 is 0 Å². The summed E-state index contributed by atoms with van der Waals surface area (Å²) in [5.41, 5.74) is 0.654. The smallest absolute Gasteiger partial charge is 0.320 e. The maximum absolute atomic E-state index is 12.8. The molecule has 0 aromatic rings. The molecule has 4 rings (SSSR count). The van der Waals surface area contributed by atoms with Crippen molar-refractivity contribution in [2.45, 2.75) is 58.7 Å². The first kappa shape index (κ1) is 14.3. The fourth-order valence-electron chi connectivity index (χ4n) is 4.84. The van der Waals surface area contributed by atoms with E-state index in [1.54, 1.807) is 0 Å². The zero-order valence-corrected chi connectivity index (χ0v) is 13.5. The molecule has 3 aliphatic carbocycles. The fraction of sp³-hybridized carbons (Fsp3) is 0.778. The van der Waals surface area contributed by atoms with Crippen LogP contribution in [0.1, 0.15) is 46.5 Å². The van der Waals surface area contributed by atoms with Gasteiger partial charge in [0.05, 0.1) is 5.92 Å². The maximum atomic E-state index is 12.8. The maximum Gasteiger partial charge on any atom is 0.320 e. The third-order valence-electron chi connectivity index (χ3n) is 6.47. The zero-order valence-electron chi connectivity index (χ0n) is 13.5. The Balaban J connectivity index is 1.46. The monoisotopic (exact) mass is 304 g/mol. The lowest BCUT2D eigenvalue weighted by atomic mass is 9.86. The molecular weight excluding hydrogens is 280 g/mol. The Bertz CT molecular complexity index is 565. The van der Waals surface area contributed by atoms with E-state index in [0.29, 0.717) is 11.8 Å². The molecule has 2 bridgehead atoms. The number of esters is 2. The van der Waals surface area contributed by atoms with Crippen molar-refractivity contribution in [3.8, 4) is 0 Å². The molecule has 0 N–H and O–H groups in total. The van der Waals surface area contributed by atoms with Gasteiger partial charge in [-0.15, -0.1) is 0 Å².